The zero-order valence-electron chi connectivity index (χ0n) is 22.9. The third kappa shape index (κ3) is 4.83. The van der Waals surface area contributed by atoms with Crippen molar-refractivity contribution in [3.63, 3.8) is 0 Å². The largest absolute Gasteiger partial charge is 0.382 e. The summed E-state index contributed by atoms with van der Waals surface area (Å²) in [5.74, 6) is 0.702. The maximum atomic E-state index is 13.8. The van der Waals surface area contributed by atoms with Crippen molar-refractivity contribution in [2.24, 2.45) is 0 Å². The highest BCUT2D eigenvalue weighted by atomic mass is 16.5. The normalized spacial score (nSPS) is 22.3. The SMILES string of the molecule is COC[C@H]1CN(c2ccc3c(=O)n(CCc4ccc5c(c4)NC(=O)C5(C)C)c(C4CCCO4)nc3c2)CCO1. The van der Waals surface area contributed by atoms with Gasteiger partial charge in [-0.1, -0.05) is 12.1 Å². The number of benzene rings is 2. The summed E-state index contributed by atoms with van der Waals surface area (Å²) in [6, 6.07) is 12.0. The molecule has 0 bridgehead atoms. The van der Waals surface area contributed by atoms with Crippen LogP contribution in [0, 0.1) is 0 Å². The van der Waals surface area contributed by atoms with Gasteiger partial charge < -0.3 is 24.4 Å². The summed E-state index contributed by atoms with van der Waals surface area (Å²) in [4.78, 5) is 33.5. The first kappa shape index (κ1) is 26.0. The highest BCUT2D eigenvalue weighted by Crippen LogP contribution is 2.38. The lowest BCUT2D eigenvalue weighted by atomic mass is 9.86. The van der Waals surface area contributed by atoms with E-state index in [0.717, 1.165) is 48.4 Å². The lowest BCUT2D eigenvalue weighted by Gasteiger charge is -2.34. The lowest BCUT2D eigenvalue weighted by Crippen LogP contribution is -2.44. The number of carbonyl (C=O) groups excluding carboxylic acids is 1. The second-order valence-electron chi connectivity index (χ2n) is 11.2. The third-order valence-electron chi connectivity index (χ3n) is 8.24. The molecular weight excluding hydrogens is 496 g/mol. The number of ether oxygens (including phenoxy) is 3. The lowest BCUT2D eigenvalue weighted by molar-refractivity contribution is -0.119. The smallest absolute Gasteiger partial charge is 0.261 e. The van der Waals surface area contributed by atoms with Crippen molar-refractivity contribution >= 4 is 28.2 Å². The number of hydrogen-bond acceptors (Lipinski definition) is 7. The number of anilines is 2. The Hall–Kier alpha value is -3.27. The van der Waals surface area contributed by atoms with Gasteiger partial charge in [0.2, 0.25) is 5.91 Å². The van der Waals surface area contributed by atoms with Crippen LogP contribution in [0.3, 0.4) is 0 Å². The Bertz CT molecular complexity index is 1460. The number of hydrogen-bond donors (Lipinski definition) is 1. The zero-order valence-corrected chi connectivity index (χ0v) is 22.9. The van der Waals surface area contributed by atoms with Gasteiger partial charge in [-0.2, -0.15) is 0 Å². The molecule has 2 aromatic carbocycles. The molecular formula is C30H36N4O5. The number of carbonyl (C=O) groups is 1. The Morgan fingerprint density at radius 3 is 2.79 bits per heavy atom. The molecule has 0 radical (unpaired) electrons. The van der Waals surface area contributed by atoms with Crippen LogP contribution in [0.4, 0.5) is 11.4 Å². The van der Waals surface area contributed by atoms with Crippen molar-refractivity contribution in [2.75, 3.05) is 50.2 Å². The van der Waals surface area contributed by atoms with Gasteiger partial charge in [0.1, 0.15) is 11.9 Å². The van der Waals surface area contributed by atoms with Crippen molar-refractivity contribution in [3.05, 3.63) is 63.7 Å². The van der Waals surface area contributed by atoms with Crippen LogP contribution in [0.5, 0.6) is 0 Å². The van der Waals surface area contributed by atoms with Gasteiger partial charge in [0.05, 0.1) is 35.6 Å². The monoisotopic (exact) mass is 532 g/mol. The molecule has 206 valence electrons. The van der Waals surface area contributed by atoms with E-state index in [4.69, 9.17) is 19.2 Å². The average Bonchev–Trinajstić information content (AvgIpc) is 3.54. The van der Waals surface area contributed by atoms with Crippen LogP contribution < -0.4 is 15.8 Å². The summed E-state index contributed by atoms with van der Waals surface area (Å²) >= 11 is 0. The summed E-state index contributed by atoms with van der Waals surface area (Å²) in [5.41, 5.74) is 4.05. The molecule has 2 fully saturated rings. The molecule has 1 N–H and O–H groups in total. The van der Waals surface area contributed by atoms with E-state index in [1.807, 2.05) is 44.2 Å². The number of nitrogens with zero attached hydrogens (tertiary/aromatic N) is 3. The molecule has 2 atom stereocenters. The predicted molar refractivity (Wildman–Crippen MR) is 150 cm³/mol. The van der Waals surface area contributed by atoms with Crippen molar-refractivity contribution in [1.82, 2.24) is 9.55 Å². The maximum absolute atomic E-state index is 13.8. The molecule has 4 heterocycles. The standard InChI is InChI=1S/C30H36N4O5/c1-30(2)23-9-6-19(15-25(23)32-29(30)36)10-11-34-27(26-5-4-13-39-26)31-24-16-20(7-8-22(24)28(34)35)33-12-14-38-21(17-33)18-37-3/h6-9,15-16,21,26H,4-5,10-14,17-18H2,1-3H3,(H,32,36)/t21-,26?/m1/s1. The topological polar surface area (TPSA) is 94.9 Å². The predicted octanol–water partition coefficient (Wildman–Crippen LogP) is 3.57. The summed E-state index contributed by atoms with van der Waals surface area (Å²) in [5, 5.41) is 3.60. The van der Waals surface area contributed by atoms with E-state index in [1.165, 1.54) is 0 Å². The molecule has 1 amide bonds. The molecule has 9 heteroatoms. The van der Waals surface area contributed by atoms with Crippen LogP contribution in [0.2, 0.25) is 0 Å². The van der Waals surface area contributed by atoms with Crippen molar-refractivity contribution in [1.29, 1.82) is 0 Å². The third-order valence-corrected chi connectivity index (χ3v) is 8.24. The van der Waals surface area contributed by atoms with Gasteiger partial charge in [0.15, 0.2) is 0 Å². The fraction of sp³-hybridized carbons (Fsp3) is 0.500. The Morgan fingerprint density at radius 1 is 1.13 bits per heavy atom. The van der Waals surface area contributed by atoms with Crippen molar-refractivity contribution in [3.8, 4) is 0 Å². The van der Waals surface area contributed by atoms with Gasteiger partial charge in [0, 0.05) is 44.7 Å². The quantitative estimate of drug-likeness (QED) is 0.497. The van der Waals surface area contributed by atoms with Crippen LogP contribution in [0.1, 0.15) is 49.7 Å². The Balaban J connectivity index is 1.31. The van der Waals surface area contributed by atoms with E-state index in [9.17, 15) is 9.59 Å². The minimum Gasteiger partial charge on any atom is -0.382 e. The van der Waals surface area contributed by atoms with Gasteiger partial charge in [-0.15, -0.1) is 0 Å². The van der Waals surface area contributed by atoms with Crippen molar-refractivity contribution in [2.45, 2.75) is 57.3 Å². The van der Waals surface area contributed by atoms with Crippen LogP contribution in [-0.2, 0) is 37.4 Å². The number of methoxy groups -OCH3 is 1. The first-order chi connectivity index (χ1) is 18.8. The Morgan fingerprint density at radius 2 is 2.00 bits per heavy atom. The molecule has 3 aliphatic heterocycles. The highest BCUT2D eigenvalue weighted by molar-refractivity contribution is 6.05. The molecule has 0 saturated carbocycles. The number of rotatable bonds is 7. The molecule has 1 unspecified atom stereocenters. The zero-order chi connectivity index (χ0) is 27.1. The molecule has 6 rings (SSSR count). The minimum atomic E-state index is -0.537. The number of nitrogens with one attached hydrogen (secondary N) is 1. The molecule has 2 saturated heterocycles. The maximum Gasteiger partial charge on any atom is 0.261 e. The number of aromatic nitrogens is 2. The number of aryl methyl sites for hydroxylation is 1. The molecule has 0 spiro atoms. The Labute approximate surface area is 228 Å². The molecule has 0 aliphatic carbocycles. The number of fused-ring (bicyclic) bond motifs is 2. The van der Waals surface area contributed by atoms with Crippen LogP contribution >= 0.6 is 0 Å². The van der Waals surface area contributed by atoms with Crippen LogP contribution in [-0.4, -0.2) is 61.6 Å². The van der Waals surface area contributed by atoms with Gasteiger partial charge in [-0.25, -0.2) is 4.98 Å². The van der Waals surface area contributed by atoms with Crippen LogP contribution in [0.25, 0.3) is 10.9 Å². The van der Waals surface area contributed by atoms with Gasteiger partial charge in [0.25, 0.3) is 5.56 Å². The van der Waals surface area contributed by atoms with Crippen molar-refractivity contribution < 1.29 is 19.0 Å². The summed E-state index contributed by atoms with van der Waals surface area (Å²) < 4.78 is 18.9. The van der Waals surface area contributed by atoms with E-state index < -0.39 is 5.41 Å². The molecule has 39 heavy (non-hydrogen) atoms. The average molecular weight is 533 g/mol. The van der Waals surface area contributed by atoms with Gasteiger partial charge in [-0.05, 0) is 68.5 Å². The van der Waals surface area contributed by atoms with E-state index in [0.29, 0.717) is 49.5 Å². The van der Waals surface area contributed by atoms with E-state index >= 15 is 0 Å². The summed E-state index contributed by atoms with van der Waals surface area (Å²) in [6.45, 7) is 7.71. The fourth-order valence-electron chi connectivity index (χ4n) is 5.94. The number of morpholine rings is 1. The van der Waals surface area contributed by atoms with E-state index in [2.05, 4.69) is 16.3 Å². The fourth-order valence-corrected chi connectivity index (χ4v) is 5.94. The molecule has 1 aromatic heterocycles. The van der Waals surface area contributed by atoms with Crippen LogP contribution in [0.15, 0.2) is 41.2 Å². The second-order valence-corrected chi connectivity index (χ2v) is 11.2. The molecule has 9 nitrogen and oxygen atoms in total. The first-order valence-corrected chi connectivity index (χ1v) is 13.8. The minimum absolute atomic E-state index is 0.0101. The molecule has 3 aromatic rings. The van der Waals surface area contributed by atoms with E-state index in [-0.39, 0.29) is 23.7 Å². The summed E-state index contributed by atoms with van der Waals surface area (Å²) in [7, 11) is 1.68. The second kappa shape index (κ2) is 10.4. The highest BCUT2D eigenvalue weighted by Gasteiger charge is 2.38. The van der Waals surface area contributed by atoms with E-state index in [1.54, 1.807) is 11.7 Å². The number of amides is 1. The summed E-state index contributed by atoms with van der Waals surface area (Å²) in [6.07, 6.45) is 2.26. The van der Waals surface area contributed by atoms with Gasteiger partial charge in [-0.3, -0.25) is 14.2 Å². The Kier molecular flexibility index (Phi) is 6.91. The first-order valence-electron chi connectivity index (χ1n) is 13.8. The molecule has 3 aliphatic rings. The van der Waals surface area contributed by atoms with Gasteiger partial charge >= 0.3 is 0 Å².